The second kappa shape index (κ2) is 8.49. The van der Waals surface area contributed by atoms with Crippen LogP contribution in [0.25, 0.3) is 0 Å². The minimum atomic E-state index is -0.238. The first kappa shape index (κ1) is 15.6. The number of benzene rings is 1. The molecule has 1 aromatic carbocycles. The topological polar surface area (TPSA) is 68.8 Å². The fourth-order valence-electron chi connectivity index (χ4n) is 2.02. The van der Waals surface area contributed by atoms with Gasteiger partial charge in [0.15, 0.2) is 0 Å². The highest BCUT2D eigenvalue weighted by Gasteiger charge is 2.20. The third-order valence-electron chi connectivity index (χ3n) is 3.17. The van der Waals surface area contributed by atoms with Gasteiger partial charge in [0, 0.05) is 19.2 Å². The molecule has 2 N–H and O–H groups in total. The molecule has 6 nitrogen and oxygen atoms in total. The molecule has 0 aromatic heterocycles. The zero-order valence-corrected chi connectivity index (χ0v) is 12.3. The minimum Gasteiger partial charge on any atom is -0.497 e. The van der Waals surface area contributed by atoms with Crippen molar-refractivity contribution in [2.24, 2.45) is 0 Å². The SMILES string of the molecule is COc1cccc(OCCCNC(=O)C2COCCN2)c1. The summed E-state index contributed by atoms with van der Waals surface area (Å²) >= 11 is 0. The maximum Gasteiger partial charge on any atom is 0.239 e. The number of ether oxygens (including phenoxy) is 3. The lowest BCUT2D eigenvalue weighted by Crippen LogP contribution is -2.51. The number of carbonyl (C=O) groups is 1. The highest BCUT2D eigenvalue weighted by molar-refractivity contribution is 5.81. The number of nitrogens with one attached hydrogen (secondary N) is 2. The maximum atomic E-state index is 11.8. The van der Waals surface area contributed by atoms with E-state index in [9.17, 15) is 4.79 Å². The summed E-state index contributed by atoms with van der Waals surface area (Å²) in [6.45, 7) is 2.95. The number of rotatable bonds is 7. The van der Waals surface area contributed by atoms with Gasteiger partial charge >= 0.3 is 0 Å². The third-order valence-corrected chi connectivity index (χ3v) is 3.17. The zero-order chi connectivity index (χ0) is 14.9. The molecule has 1 saturated heterocycles. The molecule has 1 aliphatic rings. The van der Waals surface area contributed by atoms with Gasteiger partial charge in [-0.2, -0.15) is 0 Å². The van der Waals surface area contributed by atoms with Gasteiger partial charge in [0.25, 0.3) is 0 Å². The van der Waals surface area contributed by atoms with Crippen molar-refractivity contribution in [2.75, 3.05) is 40.0 Å². The Labute approximate surface area is 124 Å². The van der Waals surface area contributed by atoms with Gasteiger partial charge < -0.3 is 24.8 Å². The molecule has 1 aromatic rings. The molecule has 1 atom stereocenters. The molecule has 116 valence electrons. The Balaban J connectivity index is 1.60. The molecular formula is C15H22N2O4. The first-order chi connectivity index (χ1) is 10.3. The summed E-state index contributed by atoms with van der Waals surface area (Å²) < 4.78 is 16.0. The summed E-state index contributed by atoms with van der Waals surface area (Å²) in [5, 5.41) is 5.99. The number of morpholine rings is 1. The van der Waals surface area contributed by atoms with E-state index >= 15 is 0 Å². The summed E-state index contributed by atoms with van der Waals surface area (Å²) in [6, 6.07) is 7.22. The smallest absolute Gasteiger partial charge is 0.239 e. The molecule has 1 fully saturated rings. The van der Waals surface area contributed by atoms with Crippen molar-refractivity contribution in [3.8, 4) is 11.5 Å². The molecule has 0 saturated carbocycles. The molecule has 0 radical (unpaired) electrons. The van der Waals surface area contributed by atoms with Crippen LogP contribution in [-0.2, 0) is 9.53 Å². The van der Waals surface area contributed by atoms with Gasteiger partial charge in [-0.1, -0.05) is 6.07 Å². The predicted molar refractivity (Wildman–Crippen MR) is 78.7 cm³/mol. The quantitative estimate of drug-likeness (QED) is 0.720. The zero-order valence-electron chi connectivity index (χ0n) is 12.3. The fraction of sp³-hybridized carbons (Fsp3) is 0.533. The molecule has 6 heteroatoms. The Kier molecular flexibility index (Phi) is 6.30. The molecule has 0 aliphatic carbocycles. The monoisotopic (exact) mass is 294 g/mol. The normalized spacial score (nSPS) is 18.0. The molecule has 2 rings (SSSR count). The molecule has 21 heavy (non-hydrogen) atoms. The van der Waals surface area contributed by atoms with Crippen molar-refractivity contribution in [3.05, 3.63) is 24.3 Å². The fourth-order valence-corrected chi connectivity index (χ4v) is 2.02. The molecule has 0 spiro atoms. The Bertz CT molecular complexity index is 447. The van der Waals surface area contributed by atoms with Crippen LogP contribution in [0.2, 0.25) is 0 Å². The van der Waals surface area contributed by atoms with E-state index in [4.69, 9.17) is 14.2 Å². The van der Waals surface area contributed by atoms with Crippen LogP contribution in [0.3, 0.4) is 0 Å². The highest BCUT2D eigenvalue weighted by atomic mass is 16.5. The average Bonchev–Trinajstić information content (AvgIpc) is 2.55. The van der Waals surface area contributed by atoms with Gasteiger partial charge in [0.05, 0.1) is 26.9 Å². The molecule has 1 amide bonds. The van der Waals surface area contributed by atoms with Crippen LogP contribution in [0.1, 0.15) is 6.42 Å². The van der Waals surface area contributed by atoms with Gasteiger partial charge in [-0.25, -0.2) is 0 Å². The summed E-state index contributed by atoms with van der Waals surface area (Å²) in [4.78, 5) is 11.8. The van der Waals surface area contributed by atoms with Crippen LogP contribution in [0.15, 0.2) is 24.3 Å². The van der Waals surface area contributed by atoms with Crippen LogP contribution < -0.4 is 20.1 Å². The van der Waals surface area contributed by atoms with E-state index in [1.807, 2.05) is 24.3 Å². The van der Waals surface area contributed by atoms with Crippen LogP contribution in [-0.4, -0.2) is 52.0 Å². The summed E-state index contributed by atoms with van der Waals surface area (Å²) in [5.41, 5.74) is 0. The minimum absolute atomic E-state index is 0.0175. The molecule has 1 unspecified atom stereocenters. The lowest BCUT2D eigenvalue weighted by Gasteiger charge is -2.22. The van der Waals surface area contributed by atoms with Crippen LogP contribution in [0, 0.1) is 0 Å². The van der Waals surface area contributed by atoms with E-state index in [1.54, 1.807) is 7.11 Å². The van der Waals surface area contributed by atoms with Crippen molar-refractivity contribution >= 4 is 5.91 Å². The maximum absolute atomic E-state index is 11.8. The number of hydrogen-bond acceptors (Lipinski definition) is 5. The Morgan fingerprint density at radius 1 is 1.48 bits per heavy atom. The van der Waals surface area contributed by atoms with E-state index in [2.05, 4.69) is 10.6 Å². The molecular weight excluding hydrogens is 272 g/mol. The molecule has 1 heterocycles. The first-order valence-electron chi connectivity index (χ1n) is 7.15. The van der Waals surface area contributed by atoms with Crippen LogP contribution in [0.5, 0.6) is 11.5 Å². The van der Waals surface area contributed by atoms with Crippen molar-refractivity contribution in [1.82, 2.24) is 10.6 Å². The third kappa shape index (κ3) is 5.24. The first-order valence-corrected chi connectivity index (χ1v) is 7.15. The number of hydrogen-bond donors (Lipinski definition) is 2. The standard InChI is InChI=1S/C15H22N2O4/c1-19-12-4-2-5-13(10-12)21-8-3-6-17-15(18)14-11-20-9-7-16-14/h2,4-5,10,14,16H,3,6-9,11H2,1H3,(H,17,18). The lowest BCUT2D eigenvalue weighted by molar-refractivity contribution is -0.125. The van der Waals surface area contributed by atoms with Crippen LogP contribution in [0.4, 0.5) is 0 Å². The largest absolute Gasteiger partial charge is 0.497 e. The summed E-state index contributed by atoms with van der Waals surface area (Å²) in [5.74, 6) is 1.52. The van der Waals surface area contributed by atoms with Gasteiger partial charge in [0.1, 0.15) is 17.5 Å². The van der Waals surface area contributed by atoms with Crippen molar-refractivity contribution < 1.29 is 19.0 Å². The van der Waals surface area contributed by atoms with Crippen molar-refractivity contribution in [1.29, 1.82) is 0 Å². The molecule has 0 bridgehead atoms. The average molecular weight is 294 g/mol. The van der Waals surface area contributed by atoms with Gasteiger partial charge in [-0.3, -0.25) is 4.79 Å². The summed E-state index contributed by atoms with van der Waals surface area (Å²) in [7, 11) is 1.62. The lowest BCUT2D eigenvalue weighted by atomic mass is 10.2. The van der Waals surface area contributed by atoms with Crippen molar-refractivity contribution in [3.63, 3.8) is 0 Å². The van der Waals surface area contributed by atoms with E-state index in [0.717, 1.165) is 24.5 Å². The Hall–Kier alpha value is -1.79. The van der Waals surface area contributed by atoms with E-state index in [1.165, 1.54) is 0 Å². The number of methoxy groups -OCH3 is 1. The number of carbonyl (C=O) groups excluding carboxylic acids is 1. The highest BCUT2D eigenvalue weighted by Crippen LogP contribution is 2.18. The number of amides is 1. The van der Waals surface area contributed by atoms with Gasteiger partial charge in [-0.05, 0) is 18.6 Å². The van der Waals surface area contributed by atoms with E-state index < -0.39 is 0 Å². The Morgan fingerprint density at radius 3 is 3.10 bits per heavy atom. The van der Waals surface area contributed by atoms with Gasteiger partial charge in [0.2, 0.25) is 5.91 Å². The van der Waals surface area contributed by atoms with E-state index in [0.29, 0.717) is 26.4 Å². The van der Waals surface area contributed by atoms with E-state index in [-0.39, 0.29) is 11.9 Å². The second-order valence-electron chi connectivity index (χ2n) is 4.75. The second-order valence-corrected chi connectivity index (χ2v) is 4.75. The van der Waals surface area contributed by atoms with Crippen molar-refractivity contribution in [2.45, 2.75) is 12.5 Å². The predicted octanol–water partition coefficient (Wildman–Crippen LogP) is 0.569. The summed E-state index contributed by atoms with van der Waals surface area (Å²) in [6.07, 6.45) is 0.747. The van der Waals surface area contributed by atoms with Gasteiger partial charge in [-0.15, -0.1) is 0 Å². The molecule has 1 aliphatic heterocycles. The van der Waals surface area contributed by atoms with Crippen LogP contribution >= 0.6 is 0 Å². The Morgan fingerprint density at radius 2 is 2.33 bits per heavy atom.